The highest BCUT2D eigenvalue weighted by Crippen LogP contribution is 2.33. The smallest absolute Gasteiger partial charge is 0.222 e. The Bertz CT molecular complexity index is 617. The van der Waals surface area contributed by atoms with Gasteiger partial charge in [-0.1, -0.05) is 32.6 Å². The Hall–Kier alpha value is -1.95. The number of amides is 1. The van der Waals surface area contributed by atoms with Gasteiger partial charge in [-0.2, -0.15) is 0 Å². The third-order valence-corrected chi connectivity index (χ3v) is 5.24. The van der Waals surface area contributed by atoms with Crippen molar-refractivity contribution in [1.82, 2.24) is 10.2 Å². The summed E-state index contributed by atoms with van der Waals surface area (Å²) in [5, 5.41) is 3.09. The van der Waals surface area contributed by atoms with E-state index in [9.17, 15) is 4.79 Å². The van der Waals surface area contributed by atoms with Crippen molar-refractivity contribution in [3.8, 4) is 17.2 Å². The number of carbonyl (C=O) groups excluding carboxylic acids is 1. The summed E-state index contributed by atoms with van der Waals surface area (Å²) in [5.41, 5.74) is 0. The van der Waals surface area contributed by atoms with Gasteiger partial charge in [0.15, 0.2) is 17.7 Å². The molecule has 2 heterocycles. The predicted molar refractivity (Wildman–Crippen MR) is 109 cm³/mol. The lowest BCUT2D eigenvalue weighted by atomic mass is 10.1. The van der Waals surface area contributed by atoms with Crippen molar-refractivity contribution < 1.29 is 19.0 Å². The predicted octanol–water partition coefficient (Wildman–Crippen LogP) is 3.74. The van der Waals surface area contributed by atoms with Crippen molar-refractivity contribution >= 4 is 5.91 Å². The first-order valence-corrected chi connectivity index (χ1v) is 10.8. The van der Waals surface area contributed by atoms with Gasteiger partial charge < -0.3 is 19.5 Å². The van der Waals surface area contributed by atoms with Gasteiger partial charge in [-0.25, -0.2) is 0 Å². The molecule has 1 atom stereocenters. The molecule has 6 heteroatoms. The number of rotatable bonds is 11. The summed E-state index contributed by atoms with van der Waals surface area (Å²) in [4.78, 5) is 14.8. The Labute approximate surface area is 168 Å². The summed E-state index contributed by atoms with van der Waals surface area (Å²) < 4.78 is 17.4. The second-order valence-electron chi connectivity index (χ2n) is 7.65. The molecule has 0 spiro atoms. The lowest BCUT2D eigenvalue weighted by Gasteiger charge is -2.26. The minimum atomic E-state index is -0.358. The first kappa shape index (κ1) is 20.8. The zero-order valence-electron chi connectivity index (χ0n) is 17.1. The van der Waals surface area contributed by atoms with Crippen LogP contribution in [-0.4, -0.2) is 49.9 Å². The van der Waals surface area contributed by atoms with E-state index in [0.717, 1.165) is 31.7 Å². The van der Waals surface area contributed by atoms with Crippen LogP contribution in [0.1, 0.15) is 58.3 Å². The molecule has 1 aromatic rings. The Morgan fingerprint density at radius 2 is 1.86 bits per heavy atom. The van der Waals surface area contributed by atoms with E-state index in [1.165, 1.54) is 32.1 Å². The number of nitrogens with zero attached hydrogens (tertiary/aromatic N) is 1. The van der Waals surface area contributed by atoms with Crippen molar-refractivity contribution in [3.05, 3.63) is 18.2 Å². The molecule has 1 N–H and O–H groups in total. The number of likely N-dealkylation sites (tertiary alicyclic amines) is 1. The summed E-state index contributed by atoms with van der Waals surface area (Å²) in [7, 11) is 0. The molecule has 1 aromatic carbocycles. The molecule has 2 aliphatic rings. The van der Waals surface area contributed by atoms with Crippen LogP contribution in [-0.2, 0) is 4.79 Å². The van der Waals surface area contributed by atoms with Crippen LogP contribution in [0.15, 0.2) is 18.2 Å². The van der Waals surface area contributed by atoms with Crippen LogP contribution in [0.4, 0.5) is 0 Å². The number of hydrogen-bond donors (Lipinski definition) is 1. The first-order chi connectivity index (χ1) is 13.7. The highest BCUT2D eigenvalue weighted by atomic mass is 16.6. The molecule has 156 valence electrons. The SMILES string of the molecule is CCCCCCCC(=O)NC(CN1CCCC1)Oc1ccc2c(c1)OCCO2. The van der Waals surface area contributed by atoms with Gasteiger partial charge in [-0.3, -0.25) is 9.69 Å². The van der Waals surface area contributed by atoms with Crippen molar-refractivity contribution in [2.45, 2.75) is 64.5 Å². The summed E-state index contributed by atoms with van der Waals surface area (Å²) in [6.07, 6.45) is 8.33. The number of carbonyl (C=O) groups is 1. The molecule has 6 nitrogen and oxygen atoms in total. The van der Waals surface area contributed by atoms with Crippen LogP contribution in [0.3, 0.4) is 0 Å². The van der Waals surface area contributed by atoms with Crippen molar-refractivity contribution in [1.29, 1.82) is 0 Å². The van der Waals surface area contributed by atoms with Crippen LogP contribution in [0.25, 0.3) is 0 Å². The van der Waals surface area contributed by atoms with Gasteiger partial charge >= 0.3 is 0 Å². The van der Waals surface area contributed by atoms with E-state index in [1.54, 1.807) is 0 Å². The molecule has 0 bridgehead atoms. The second kappa shape index (κ2) is 11.1. The maximum absolute atomic E-state index is 12.4. The van der Waals surface area contributed by atoms with Crippen molar-refractivity contribution in [2.75, 3.05) is 32.8 Å². The topological polar surface area (TPSA) is 60.0 Å². The lowest BCUT2D eigenvalue weighted by molar-refractivity contribution is -0.124. The summed E-state index contributed by atoms with van der Waals surface area (Å²) >= 11 is 0. The standard InChI is InChI=1S/C22H34N2O4/c1-2-3-4-5-6-9-21(25)23-22(17-24-12-7-8-13-24)28-18-10-11-19-20(16-18)27-15-14-26-19/h10-11,16,22H,2-9,12-15,17H2,1H3,(H,23,25). The normalized spacial score (nSPS) is 17.3. The van der Waals surface area contributed by atoms with Gasteiger partial charge in [0.25, 0.3) is 0 Å². The summed E-state index contributed by atoms with van der Waals surface area (Å²) in [6.45, 7) is 6.14. The number of ether oxygens (including phenoxy) is 3. The molecular formula is C22H34N2O4. The van der Waals surface area contributed by atoms with E-state index in [1.807, 2.05) is 18.2 Å². The molecule has 0 aliphatic carbocycles. The summed E-state index contributed by atoms with van der Waals surface area (Å²) in [5.74, 6) is 2.20. The van der Waals surface area contributed by atoms with Gasteiger partial charge in [0.1, 0.15) is 19.0 Å². The Balaban J connectivity index is 1.54. The van der Waals surface area contributed by atoms with Crippen LogP contribution in [0.2, 0.25) is 0 Å². The number of benzene rings is 1. The average molecular weight is 391 g/mol. The first-order valence-electron chi connectivity index (χ1n) is 10.8. The van der Waals surface area contributed by atoms with E-state index in [2.05, 4.69) is 17.1 Å². The minimum absolute atomic E-state index is 0.0678. The molecular weight excluding hydrogens is 356 g/mol. The molecule has 1 amide bonds. The third-order valence-electron chi connectivity index (χ3n) is 5.24. The van der Waals surface area contributed by atoms with Crippen LogP contribution >= 0.6 is 0 Å². The molecule has 0 radical (unpaired) electrons. The fourth-order valence-electron chi connectivity index (χ4n) is 3.71. The average Bonchev–Trinajstić information content (AvgIpc) is 3.20. The monoisotopic (exact) mass is 390 g/mol. The molecule has 1 fully saturated rings. The largest absolute Gasteiger partial charge is 0.486 e. The molecule has 0 aromatic heterocycles. The lowest BCUT2D eigenvalue weighted by Crippen LogP contribution is -2.46. The highest BCUT2D eigenvalue weighted by molar-refractivity contribution is 5.76. The highest BCUT2D eigenvalue weighted by Gasteiger charge is 2.21. The Morgan fingerprint density at radius 1 is 1.11 bits per heavy atom. The molecule has 1 unspecified atom stereocenters. The van der Waals surface area contributed by atoms with Crippen LogP contribution in [0.5, 0.6) is 17.2 Å². The number of fused-ring (bicyclic) bond motifs is 1. The Kier molecular flexibility index (Phi) is 8.27. The molecule has 3 rings (SSSR count). The van der Waals surface area contributed by atoms with Gasteiger partial charge in [0.2, 0.25) is 5.91 Å². The van der Waals surface area contributed by atoms with Gasteiger partial charge in [-0.05, 0) is 44.5 Å². The third kappa shape index (κ3) is 6.59. The fourth-order valence-corrected chi connectivity index (χ4v) is 3.71. The maximum Gasteiger partial charge on any atom is 0.222 e. The van der Waals surface area contributed by atoms with E-state index in [0.29, 0.717) is 37.7 Å². The zero-order chi connectivity index (χ0) is 19.6. The van der Waals surface area contributed by atoms with Crippen LogP contribution in [0, 0.1) is 0 Å². The number of hydrogen-bond acceptors (Lipinski definition) is 5. The molecule has 0 saturated carbocycles. The Morgan fingerprint density at radius 3 is 2.64 bits per heavy atom. The second-order valence-corrected chi connectivity index (χ2v) is 7.65. The molecule has 1 saturated heterocycles. The summed E-state index contributed by atoms with van der Waals surface area (Å²) in [6, 6.07) is 5.59. The zero-order valence-corrected chi connectivity index (χ0v) is 17.1. The van der Waals surface area contributed by atoms with E-state index < -0.39 is 0 Å². The minimum Gasteiger partial charge on any atom is -0.486 e. The number of unbranched alkanes of at least 4 members (excludes halogenated alkanes) is 4. The van der Waals surface area contributed by atoms with Gasteiger partial charge in [0.05, 0.1) is 6.54 Å². The van der Waals surface area contributed by atoms with Crippen molar-refractivity contribution in [3.63, 3.8) is 0 Å². The van der Waals surface area contributed by atoms with Gasteiger partial charge in [0, 0.05) is 12.5 Å². The maximum atomic E-state index is 12.4. The molecule has 2 aliphatic heterocycles. The van der Waals surface area contributed by atoms with Crippen molar-refractivity contribution in [2.24, 2.45) is 0 Å². The number of nitrogens with one attached hydrogen (secondary N) is 1. The van der Waals surface area contributed by atoms with E-state index >= 15 is 0 Å². The quantitative estimate of drug-likeness (QED) is 0.461. The van der Waals surface area contributed by atoms with E-state index in [4.69, 9.17) is 14.2 Å². The van der Waals surface area contributed by atoms with E-state index in [-0.39, 0.29) is 12.1 Å². The van der Waals surface area contributed by atoms with Crippen LogP contribution < -0.4 is 19.5 Å². The van der Waals surface area contributed by atoms with Gasteiger partial charge in [-0.15, -0.1) is 0 Å². The molecule has 28 heavy (non-hydrogen) atoms. The fraction of sp³-hybridized carbons (Fsp3) is 0.682.